The lowest BCUT2D eigenvalue weighted by Crippen LogP contribution is -2.23. The molecule has 0 aliphatic carbocycles. The zero-order valence-electron chi connectivity index (χ0n) is 14.4. The van der Waals surface area contributed by atoms with Gasteiger partial charge in [-0.15, -0.1) is 0 Å². The van der Waals surface area contributed by atoms with E-state index in [2.05, 4.69) is 18.0 Å². The first-order valence-corrected chi connectivity index (χ1v) is 8.46. The fourth-order valence-electron chi connectivity index (χ4n) is 3.44. The number of likely N-dealkylation sites (N-methyl/N-ethyl adjacent to an activating group) is 1. The molecule has 4 rings (SSSR count). The highest BCUT2D eigenvalue weighted by Crippen LogP contribution is 2.34. The second-order valence-electron chi connectivity index (χ2n) is 6.59. The highest BCUT2D eigenvalue weighted by molar-refractivity contribution is 5.95. The van der Waals surface area contributed by atoms with Crippen LogP contribution in [0, 0.1) is 15.9 Å². The summed E-state index contributed by atoms with van der Waals surface area (Å²) < 4.78 is 15.6. The van der Waals surface area contributed by atoms with Gasteiger partial charge in [0.05, 0.1) is 10.4 Å². The van der Waals surface area contributed by atoms with Gasteiger partial charge in [-0.25, -0.2) is 4.39 Å². The van der Waals surface area contributed by atoms with Crippen LogP contribution in [0.1, 0.15) is 12.0 Å². The van der Waals surface area contributed by atoms with Crippen molar-refractivity contribution in [2.45, 2.75) is 6.42 Å². The van der Waals surface area contributed by atoms with E-state index in [1.165, 1.54) is 23.8 Å². The molecule has 0 radical (unpaired) electrons. The first-order chi connectivity index (χ1) is 12.5. The molecule has 2 heterocycles. The number of hydrogen-bond donors (Lipinski definition) is 0. The van der Waals surface area contributed by atoms with Crippen LogP contribution in [0.2, 0.25) is 0 Å². The molecule has 0 bridgehead atoms. The van der Waals surface area contributed by atoms with Crippen molar-refractivity contribution in [2.24, 2.45) is 0 Å². The van der Waals surface area contributed by atoms with Gasteiger partial charge in [0.2, 0.25) is 0 Å². The lowest BCUT2D eigenvalue weighted by molar-refractivity contribution is -0.384. The number of nitrogens with zero attached hydrogens (tertiary/aromatic N) is 3. The molecule has 3 aromatic rings. The maximum absolute atomic E-state index is 13.7. The Morgan fingerprint density at radius 1 is 1.19 bits per heavy atom. The fourth-order valence-corrected chi connectivity index (χ4v) is 3.44. The van der Waals surface area contributed by atoms with Gasteiger partial charge in [0, 0.05) is 48.1 Å². The topological polar surface area (TPSA) is 51.3 Å². The van der Waals surface area contributed by atoms with Gasteiger partial charge >= 0.3 is 0 Å². The van der Waals surface area contributed by atoms with Gasteiger partial charge in [0.25, 0.3) is 5.69 Å². The third-order valence-electron chi connectivity index (χ3n) is 4.84. The molecular formula is C20H18FN3O2. The Labute approximate surface area is 150 Å². The van der Waals surface area contributed by atoms with Gasteiger partial charge in [-0.3, -0.25) is 10.1 Å². The number of fused-ring (bicyclic) bond motifs is 1. The van der Waals surface area contributed by atoms with Crippen molar-refractivity contribution in [1.82, 2.24) is 9.47 Å². The van der Waals surface area contributed by atoms with Crippen LogP contribution in [0.4, 0.5) is 10.1 Å². The first kappa shape index (κ1) is 16.5. The Morgan fingerprint density at radius 2 is 2.04 bits per heavy atom. The van der Waals surface area contributed by atoms with Crippen LogP contribution >= 0.6 is 0 Å². The number of nitro groups is 1. The van der Waals surface area contributed by atoms with Crippen LogP contribution in [-0.4, -0.2) is 34.5 Å². The number of hydrogen-bond acceptors (Lipinski definition) is 3. The summed E-state index contributed by atoms with van der Waals surface area (Å²) in [6.07, 6.45) is 4.99. The minimum absolute atomic E-state index is 0.0595. The van der Waals surface area contributed by atoms with E-state index in [9.17, 15) is 14.5 Å². The van der Waals surface area contributed by atoms with Crippen molar-refractivity contribution < 1.29 is 9.31 Å². The highest BCUT2D eigenvalue weighted by atomic mass is 19.1. The Morgan fingerprint density at radius 3 is 2.73 bits per heavy atom. The van der Waals surface area contributed by atoms with Gasteiger partial charge in [0.15, 0.2) is 0 Å². The third kappa shape index (κ3) is 2.88. The number of aromatic nitrogens is 1. The molecule has 0 spiro atoms. The van der Waals surface area contributed by atoms with E-state index in [1.807, 2.05) is 16.8 Å². The average Bonchev–Trinajstić information content (AvgIpc) is 3.01. The Hall–Kier alpha value is -2.99. The summed E-state index contributed by atoms with van der Waals surface area (Å²) in [7, 11) is 2.06. The van der Waals surface area contributed by atoms with Crippen molar-refractivity contribution in [1.29, 1.82) is 0 Å². The van der Waals surface area contributed by atoms with Gasteiger partial charge in [-0.2, -0.15) is 0 Å². The van der Waals surface area contributed by atoms with Crippen molar-refractivity contribution >= 4 is 22.2 Å². The van der Waals surface area contributed by atoms with E-state index in [4.69, 9.17) is 0 Å². The average molecular weight is 351 g/mol. The molecule has 0 fully saturated rings. The van der Waals surface area contributed by atoms with Crippen LogP contribution in [0.25, 0.3) is 22.2 Å². The summed E-state index contributed by atoms with van der Waals surface area (Å²) >= 11 is 0. The van der Waals surface area contributed by atoms with E-state index in [0.717, 1.165) is 36.0 Å². The summed E-state index contributed by atoms with van der Waals surface area (Å²) in [6, 6.07) is 11.2. The quantitative estimate of drug-likeness (QED) is 0.519. The van der Waals surface area contributed by atoms with Gasteiger partial charge < -0.3 is 9.47 Å². The monoisotopic (exact) mass is 351 g/mol. The zero-order valence-corrected chi connectivity index (χ0v) is 14.4. The van der Waals surface area contributed by atoms with Crippen LogP contribution in [0.5, 0.6) is 0 Å². The predicted octanol–water partition coefficient (Wildman–Crippen LogP) is 4.40. The SMILES string of the molecule is CN1CC=C(c2cn(-c3cccc(F)c3)c3ccc([N+](=O)[O-])cc23)CC1. The van der Waals surface area contributed by atoms with E-state index in [1.54, 1.807) is 18.2 Å². The normalized spacial score (nSPS) is 15.2. The molecule has 0 saturated carbocycles. The summed E-state index contributed by atoms with van der Waals surface area (Å²) in [6.45, 7) is 1.78. The molecule has 132 valence electrons. The molecule has 26 heavy (non-hydrogen) atoms. The number of benzene rings is 2. The number of nitro benzene ring substituents is 1. The third-order valence-corrected chi connectivity index (χ3v) is 4.84. The van der Waals surface area contributed by atoms with Crippen molar-refractivity contribution in [2.75, 3.05) is 20.1 Å². The predicted molar refractivity (Wildman–Crippen MR) is 100.0 cm³/mol. The molecule has 5 nitrogen and oxygen atoms in total. The van der Waals surface area contributed by atoms with Crippen molar-refractivity contribution in [3.05, 3.63) is 76.2 Å². The molecular weight excluding hydrogens is 333 g/mol. The molecule has 0 saturated heterocycles. The van der Waals surface area contributed by atoms with Gasteiger partial charge in [-0.05, 0) is 43.3 Å². The standard InChI is InChI=1S/C20H18FN3O2/c1-22-9-7-14(8-10-22)19-13-23(16-4-2-3-15(21)11-16)20-6-5-17(24(25)26)12-18(19)20/h2-7,11-13H,8-10H2,1H3. The second-order valence-corrected chi connectivity index (χ2v) is 6.59. The van der Waals surface area contributed by atoms with E-state index < -0.39 is 0 Å². The summed E-state index contributed by atoms with van der Waals surface area (Å²) in [5, 5.41) is 12.0. The molecule has 0 amide bonds. The van der Waals surface area contributed by atoms with E-state index in [0.29, 0.717) is 5.69 Å². The molecule has 1 aliphatic rings. The molecule has 0 atom stereocenters. The number of non-ortho nitro benzene ring substituents is 1. The Kier molecular flexibility index (Phi) is 4.05. The highest BCUT2D eigenvalue weighted by Gasteiger charge is 2.19. The molecule has 0 unspecified atom stereocenters. The van der Waals surface area contributed by atoms with E-state index in [-0.39, 0.29) is 16.4 Å². The summed E-state index contributed by atoms with van der Waals surface area (Å²) in [5.74, 6) is -0.314. The molecule has 1 aliphatic heterocycles. The Balaban J connectivity index is 1.95. The van der Waals surface area contributed by atoms with E-state index >= 15 is 0 Å². The molecule has 2 aromatic carbocycles. The largest absolute Gasteiger partial charge is 0.316 e. The lowest BCUT2D eigenvalue weighted by atomic mass is 9.99. The fraction of sp³-hybridized carbons (Fsp3) is 0.200. The van der Waals surface area contributed by atoms with Gasteiger partial charge in [0.1, 0.15) is 5.82 Å². The smallest absolute Gasteiger partial charge is 0.270 e. The second kappa shape index (κ2) is 6.38. The number of halogens is 1. The molecule has 6 heteroatoms. The van der Waals surface area contributed by atoms with Crippen LogP contribution in [0.3, 0.4) is 0 Å². The van der Waals surface area contributed by atoms with Crippen LogP contribution in [-0.2, 0) is 0 Å². The summed E-state index contributed by atoms with van der Waals surface area (Å²) in [4.78, 5) is 13.1. The van der Waals surface area contributed by atoms with Crippen molar-refractivity contribution in [3.63, 3.8) is 0 Å². The Bertz CT molecular complexity index is 1040. The van der Waals surface area contributed by atoms with Gasteiger partial charge in [-0.1, -0.05) is 12.1 Å². The molecule has 1 aromatic heterocycles. The van der Waals surface area contributed by atoms with Crippen LogP contribution < -0.4 is 0 Å². The first-order valence-electron chi connectivity index (χ1n) is 8.46. The maximum atomic E-state index is 13.7. The minimum Gasteiger partial charge on any atom is -0.316 e. The number of rotatable bonds is 3. The summed E-state index contributed by atoms with van der Waals surface area (Å²) in [5.41, 5.74) is 3.73. The van der Waals surface area contributed by atoms with Crippen LogP contribution in [0.15, 0.2) is 54.7 Å². The zero-order chi connectivity index (χ0) is 18.3. The lowest BCUT2D eigenvalue weighted by Gasteiger charge is -2.21. The minimum atomic E-state index is -0.383. The van der Waals surface area contributed by atoms with Crippen molar-refractivity contribution in [3.8, 4) is 5.69 Å². The maximum Gasteiger partial charge on any atom is 0.270 e. The molecule has 0 N–H and O–H groups in total.